The van der Waals surface area contributed by atoms with Crippen LogP contribution in [0.15, 0.2) is 48.5 Å². The molecule has 2 aromatic rings. The normalized spacial score (nSPS) is 9.89. The van der Waals surface area contributed by atoms with Gasteiger partial charge < -0.3 is 10.1 Å². The van der Waals surface area contributed by atoms with Crippen LogP contribution in [-0.2, 0) is 0 Å². The highest BCUT2D eigenvalue weighted by Crippen LogP contribution is 2.21. The van der Waals surface area contributed by atoms with Crippen LogP contribution >= 0.6 is 11.6 Å². The third-order valence-corrected chi connectivity index (χ3v) is 2.78. The molecule has 0 spiro atoms. The fourth-order valence-electron chi connectivity index (χ4n) is 1.52. The first-order valence-electron chi connectivity index (χ1n) is 5.40. The van der Waals surface area contributed by atoms with Gasteiger partial charge in [0, 0.05) is 5.56 Å². The standard InChI is InChI=1S/C14H12ClNO2/c1-18-11-6-4-5-10(9-11)14(17)16-13-8-3-2-7-12(13)15/h2-9H,1H3,(H,16,17). The highest BCUT2D eigenvalue weighted by atomic mass is 35.5. The van der Waals surface area contributed by atoms with E-state index in [0.717, 1.165) is 0 Å². The van der Waals surface area contributed by atoms with Crippen LogP contribution in [0.25, 0.3) is 0 Å². The lowest BCUT2D eigenvalue weighted by atomic mass is 10.2. The molecule has 0 bridgehead atoms. The van der Waals surface area contributed by atoms with E-state index >= 15 is 0 Å². The summed E-state index contributed by atoms with van der Waals surface area (Å²) in [5.41, 5.74) is 1.11. The Morgan fingerprint density at radius 2 is 1.94 bits per heavy atom. The van der Waals surface area contributed by atoms with Gasteiger partial charge in [-0.05, 0) is 30.3 Å². The van der Waals surface area contributed by atoms with Crippen LogP contribution in [0.1, 0.15) is 10.4 Å². The van der Waals surface area contributed by atoms with Gasteiger partial charge in [0.15, 0.2) is 0 Å². The predicted molar refractivity (Wildman–Crippen MR) is 72.4 cm³/mol. The maximum Gasteiger partial charge on any atom is 0.255 e. The molecule has 92 valence electrons. The summed E-state index contributed by atoms with van der Waals surface area (Å²) in [5, 5.41) is 3.26. The molecule has 0 aliphatic carbocycles. The first kappa shape index (κ1) is 12.5. The number of rotatable bonds is 3. The van der Waals surface area contributed by atoms with Crippen molar-refractivity contribution in [1.29, 1.82) is 0 Å². The molecule has 3 nitrogen and oxygen atoms in total. The molecule has 0 aromatic heterocycles. The minimum Gasteiger partial charge on any atom is -0.497 e. The molecule has 18 heavy (non-hydrogen) atoms. The van der Waals surface area contributed by atoms with Gasteiger partial charge in [-0.2, -0.15) is 0 Å². The zero-order chi connectivity index (χ0) is 13.0. The van der Waals surface area contributed by atoms with Crippen molar-refractivity contribution in [3.8, 4) is 5.75 Å². The highest BCUT2D eigenvalue weighted by Gasteiger charge is 2.08. The number of hydrogen-bond acceptors (Lipinski definition) is 2. The van der Waals surface area contributed by atoms with Gasteiger partial charge in [-0.3, -0.25) is 4.79 Å². The Labute approximate surface area is 110 Å². The van der Waals surface area contributed by atoms with Gasteiger partial charge in [0.05, 0.1) is 17.8 Å². The molecule has 0 radical (unpaired) electrons. The van der Waals surface area contributed by atoms with Crippen molar-refractivity contribution in [3.63, 3.8) is 0 Å². The first-order chi connectivity index (χ1) is 8.70. The van der Waals surface area contributed by atoms with Crippen molar-refractivity contribution >= 4 is 23.2 Å². The number of amides is 1. The summed E-state index contributed by atoms with van der Waals surface area (Å²) < 4.78 is 5.07. The summed E-state index contributed by atoms with van der Waals surface area (Å²) in [7, 11) is 1.56. The van der Waals surface area contributed by atoms with E-state index in [-0.39, 0.29) is 5.91 Å². The Morgan fingerprint density at radius 1 is 1.17 bits per heavy atom. The Bertz CT molecular complexity index is 569. The first-order valence-corrected chi connectivity index (χ1v) is 5.78. The van der Waals surface area contributed by atoms with Crippen molar-refractivity contribution in [3.05, 3.63) is 59.1 Å². The number of hydrogen-bond donors (Lipinski definition) is 1. The number of halogens is 1. The van der Waals surface area contributed by atoms with Crippen molar-refractivity contribution in [2.75, 3.05) is 12.4 Å². The molecule has 1 amide bonds. The van der Waals surface area contributed by atoms with E-state index in [1.165, 1.54) is 0 Å². The monoisotopic (exact) mass is 261 g/mol. The molecular formula is C14H12ClNO2. The second kappa shape index (κ2) is 5.56. The molecule has 0 saturated carbocycles. The molecular weight excluding hydrogens is 250 g/mol. The van der Waals surface area contributed by atoms with Gasteiger partial charge >= 0.3 is 0 Å². The maximum atomic E-state index is 12.0. The summed E-state index contributed by atoms with van der Waals surface area (Å²) in [6.45, 7) is 0. The van der Waals surface area contributed by atoms with Crippen LogP contribution in [0.4, 0.5) is 5.69 Å². The fraction of sp³-hybridized carbons (Fsp3) is 0.0714. The average molecular weight is 262 g/mol. The smallest absolute Gasteiger partial charge is 0.255 e. The van der Waals surface area contributed by atoms with Gasteiger partial charge in [-0.1, -0.05) is 29.8 Å². The molecule has 0 saturated heterocycles. The minimum absolute atomic E-state index is 0.220. The topological polar surface area (TPSA) is 38.3 Å². The Balaban J connectivity index is 2.19. The van der Waals surface area contributed by atoms with Gasteiger partial charge in [-0.15, -0.1) is 0 Å². The van der Waals surface area contributed by atoms with E-state index in [2.05, 4.69) is 5.32 Å². The molecule has 0 aliphatic heterocycles. The van der Waals surface area contributed by atoms with Crippen LogP contribution < -0.4 is 10.1 Å². The summed E-state index contributed by atoms with van der Waals surface area (Å²) in [6.07, 6.45) is 0. The van der Waals surface area contributed by atoms with Crippen molar-refractivity contribution in [2.24, 2.45) is 0 Å². The summed E-state index contributed by atoms with van der Waals surface area (Å²) in [4.78, 5) is 12.0. The van der Waals surface area contributed by atoms with Crippen LogP contribution in [0, 0.1) is 0 Å². The number of nitrogens with one attached hydrogen (secondary N) is 1. The predicted octanol–water partition coefficient (Wildman–Crippen LogP) is 3.60. The van der Waals surface area contributed by atoms with E-state index in [1.807, 2.05) is 12.1 Å². The number of carbonyl (C=O) groups is 1. The molecule has 1 N–H and O–H groups in total. The number of methoxy groups -OCH3 is 1. The second-order valence-corrected chi connectivity index (χ2v) is 4.07. The van der Waals surface area contributed by atoms with E-state index < -0.39 is 0 Å². The van der Waals surface area contributed by atoms with Gasteiger partial charge in [0.2, 0.25) is 0 Å². The largest absolute Gasteiger partial charge is 0.497 e. The zero-order valence-corrected chi connectivity index (χ0v) is 10.6. The fourth-order valence-corrected chi connectivity index (χ4v) is 1.70. The lowest BCUT2D eigenvalue weighted by Gasteiger charge is -2.07. The quantitative estimate of drug-likeness (QED) is 0.917. The molecule has 0 atom stereocenters. The third-order valence-electron chi connectivity index (χ3n) is 2.45. The molecule has 0 heterocycles. The Hall–Kier alpha value is -2.00. The third kappa shape index (κ3) is 2.81. The van der Waals surface area contributed by atoms with Gasteiger partial charge in [0.1, 0.15) is 5.75 Å². The SMILES string of the molecule is COc1cccc(C(=O)Nc2ccccc2Cl)c1. The van der Waals surface area contributed by atoms with E-state index in [0.29, 0.717) is 22.0 Å². The molecule has 2 rings (SSSR count). The van der Waals surface area contributed by atoms with E-state index in [4.69, 9.17) is 16.3 Å². The molecule has 0 unspecified atom stereocenters. The molecule has 0 aliphatic rings. The summed E-state index contributed by atoms with van der Waals surface area (Å²) in [6, 6.07) is 14.0. The number of benzene rings is 2. The van der Waals surface area contributed by atoms with Crippen LogP contribution in [0.3, 0.4) is 0 Å². The number of ether oxygens (including phenoxy) is 1. The summed E-state index contributed by atoms with van der Waals surface area (Å²) >= 11 is 5.97. The van der Waals surface area contributed by atoms with Crippen molar-refractivity contribution in [2.45, 2.75) is 0 Å². The number of para-hydroxylation sites is 1. The minimum atomic E-state index is -0.220. The summed E-state index contributed by atoms with van der Waals surface area (Å²) in [5.74, 6) is 0.420. The van der Waals surface area contributed by atoms with Crippen molar-refractivity contribution < 1.29 is 9.53 Å². The van der Waals surface area contributed by atoms with E-state index in [1.54, 1.807) is 43.5 Å². The maximum absolute atomic E-state index is 12.0. The van der Waals surface area contributed by atoms with Crippen molar-refractivity contribution in [1.82, 2.24) is 0 Å². The van der Waals surface area contributed by atoms with Crippen LogP contribution in [0.5, 0.6) is 5.75 Å². The zero-order valence-electron chi connectivity index (χ0n) is 9.81. The number of carbonyl (C=O) groups excluding carboxylic acids is 1. The van der Waals surface area contributed by atoms with Crippen LogP contribution in [-0.4, -0.2) is 13.0 Å². The van der Waals surface area contributed by atoms with E-state index in [9.17, 15) is 4.79 Å². The van der Waals surface area contributed by atoms with Gasteiger partial charge in [-0.25, -0.2) is 0 Å². The lowest BCUT2D eigenvalue weighted by Crippen LogP contribution is -2.12. The Kier molecular flexibility index (Phi) is 3.85. The Morgan fingerprint density at radius 3 is 2.67 bits per heavy atom. The molecule has 4 heteroatoms. The number of anilines is 1. The second-order valence-electron chi connectivity index (χ2n) is 3.67. The lowest BCUT2D eigenvalue weighted by molar-refractivity contribution is 0.102. The van der Waals surface area contributed by atoms with Gasteiger partial charge in [0.25, 0.3) is 5.91 Å². The molecule has 0 fully saturated rings. The molecule has 2 aromatic carbocycles. The van der Waals surface area contributed by atoms with Crippen LogP contribution in [0.2, 0.25) is 5.02 Å². The average Bonchev–Trinajstić information content (AvgIpc) is 2.41. The highest BCUT2D eigenvalue weighted by molar-refractivity contribution is 6.33.